The van der Waals surface area contributed by atoms with E-state index >= 15 is 0 Å². The summed E-state index contributed by atoms with van der Waals surface area (Å²) < 4.78 is 11.2. The number of piperidine rings is 1. The van der Waals surface area contributed by atoms with Gasteiger partial charge in [0.1, 0.15) is 13.2 Å². The van der Waals surface area contributed by atoms with Crippen LogP contribution in [0.5, 0.6) is 11.5 Å². The first-order valence-electron chi connectivity index (χ1n) is 8.94. The number of ether oxygens (including phenoxy) is 2. The Labute approximate surface area is 145 Å². The minimum Gasteiger partial charge on any atom is -0.486 e. The molecule has 6 nitrogen and oxygen atoms in total. The summed E-state index contributed by atoms with van der Waals surface area (Å²) in [6.07, 6.45) is 4.18. The first-order chi connectivity index (χ1) is 12.2. The van der Waals surface area contributed by atoms with Crippen molar-refractivity contribution in [2.45, 2.75) is 32.1 Å². The van der Waals surface area contributed by atoms with Crippen molar-refractivity contribution in [3.63, 3.8) is 0 Å². The molecule has 0 spiro atoms. The van der Waals surface area contributed by atoms with E-state index < -0.39 is 0 Å². The van der Waals surface area contributed by atoms with Gasteiger partial charge in [0.2, 0.25) is 5.91 Å². The van der Waals surface area contributed by atoms with Crippen molar-refractivity contribution in [2.75, 3.05) is 26.3 Å². The molecule has 6 heteroatoms. The molecule has 0 aliphatic carbocycles. The van der Waals surface area contributed by atoms with Crippen LogP contribution in [0.3, 0.4) is 0 Å². The second-order valence-corrected chi connectivity index (χ2v) is 6.65. The van der Waals surface area contributed by atoms with Crippen molar-refractivity contribution >= 4 is 16.8 Å². The van der Waals surface area contributed by atoms with Crippen LogP contribution in [0.2, 0.25) is 0 Å². The molecule has 0 unspecified atom stereocenters. The highest BCUT2D eigenvalue weighted by molar-refractivity contribution is 5.83. The molecular formula is C19H22N2O4. The van der Waals surface area contributed by atoms with E-state index in [0.29, 0.717) is 43.1 Å². The molecule has 4 rings (SSSR count). The van der Waals surface area contributed by atoms with Crippen LogP contribution >= 0.6 is 0 Å². The van der Waals surface area contributed by atoms with E-state index in [4.69, 9.17) is 9.47 Å². The Morgan fingerprint density at radius 1 is 1.04 bits per heavy atom. The number of pyridine rings is 1. The average molecular weight is 342 g/mol. The molecule has 2 aromatic rings. The highest BCUT2D eigenvalue weighted by Gasteiger charge is 2.18. The Morgan fingerprint density at radius 2 is 1.76 bits per heavy atom. The number of likely N-dealkylation sites (tertiary alicyclic amines) is 1. The molecule has 1 aromatic heterocycles. The number of carbonyl (C=O) groups is 1. The third kappa shape index (κ3) is 3.34. The molecular weight excluding hydrogens is 320 g/mol. The molecule has 0 radical (unpaired) electrons. The molecule has 0 bridgehead atoms. The quantitative estimate of drug-likeness (QED) is 0.929. The van der Waals surface area contributed by atoms with Crippen LogP contribution in [-0.2, 0) is 11.2 Å². The van der Waals surface area contributed by atoms with Crippen molar-refractivity contribution in [1.29, 1.82) is 0 Å². The molecule has 25 heavy (non-hydrogen) atoms. The number of nitrogens with one attached hydrogen (secondary N) is 1. The van der Waals surface area contributed by atoms with Crippen molar-refractivity contribution in [2.24, 2.45) is 0 Å². The summed E-state index contributed by atoms with van der Waals surface area (Å²) >= 11 is 0. The Balaban J connectivity index is 1.54. The summed E-state index contributed by atoms with van der Waals surface area (Å²) in [6, 6.07) is 5.54. The third-order valence-corrected chi connectivity index (χ3v) is 4.90. The molecule has 1 N–H and O–H groups in total. The van der Waals surface area contributed by atoms with Gasteiger partial charge in [0.25, 0.3) is 5.56 Å². The lowest BCUT2D eigenvalue weighted by Crippen LogP contribution is -2.35. The highest BCUT2D eigenvalue weighted by atomic mass is 16.6. The van der Waals surface area contributed by atoms with E-state index in [0.717, 1.165) is 36.8 Å². The number of amides is 1. The van der Waals surface area contributed by atoms with Crippen LogP contribution in [0.25, 0.3) is 10.9 Å². The maximum atomic E-state index is 12.3. The molecule has 3 heterocycles. The van der Waals surface area contributed by atoms with Crippen molar-refractivity contribution in [3.05, 3.63) is 34.1 Å². The second-order valence-electron chi connectivity index (χ2n) is 6.65. The first-order valence-corrected chi connectivity index (χ1v) is 8.94. The normalized spacial score (nSPS) is 16.9. The van der Waals surface area contributed by atoms with Crippen molar-refractivity contribution in [3.8, 4) is 11.5 Å². The largest absolute Gasteiger partial charge is 0.486 e. The van der Waals surface area contributed by atoms with E-state index in [9.17, 15) is 9.59 Å². The van der Waals surface area contributed by atoms with Gasteiger partial charge >= 0.3 is 0 Å². The maximum absolute atomic E-state index is 12.3. The van der Waals surface area contributed by atoms with Gasteiger partial charge in [0.05, 0.1) is 5.52 Å². The lowest BCUT2D eigenvalue weighted by Gasteiger charge is -2.26. The Bertz CT molecular complexity index is 852. The molecule has 0 atom stereocenters. The summed E-state index contributed by atoms with van der Waals surface area (Å²) in [7, 11) is 0. The van der Waals surface area contributed by atoms with E-state index in [1.807, 2.05) is 17.0 Å². The zero-order valence-corrected chi connectivity index (χ0v) is 14.2. The number of aromatic nitrogens is 1. The van der Waals surface area contributed by atoms with Gasteiger partial charge in [-0.1, -0.05) is 0 Å². The van der Waals surface area contributed by atoms with Gasteiger partial charge in [0.15, 0.2) is 11.5 Å². The Hall–Kier alpha value is -2.50. The van der Waals surface area contributed by atoms with Gasteiger partial charge in [-0.2, -0.15) is 0 Å². The monoisotopic (exact) mass is 342 g/mol. The molecule has 1 saturated heterocycles. The van der Waals surface area contributed by atoms with Crippen LogP contribution < -0.4 is 15.0 Å². The Kier molecular flexibility index (Phi) is 4.34. The molecule has 0 saturated carbocycles. The number of nitrogens with zero attached hydrogens (tertiary/aromatic N) is 1. The molecule has 2 aliphatic heterocycles. The van der Waals surface area contributed by atoms with Crippen molar-refractivity contribution in [1.82, 2.24) is 9.88 Å². The van der Waals surface area contributed by atoms with Gasteiger partial charge in [-0.25, -0.2) is 0 Å². The number of benzene rings is 1. The topological polar surface area (TPSA) is 71.6 Å². The number of aromatic amines is 1. The predicted octanol–water partition coefficient (Wildman–Crippen LogP) is 2.24. The van der Waals surface area contributed by atoms with Gasteiger partial charge in [-0.05, 0) is 37.8 Å². The predicted molar refractivity (Wildman–Crippen MR) is 94.3 cm³/mol. The second kappa shape index (κ2) is 6.78. The number of rotatable bonds is 3. The van der Waals surface area contributed by atoms with Crippen LogP contribution in [-0.4, -0.2) is 42.1 Å². The first kappa shape index (κ1) is 16.0. The lowest BCUT2D eigenvalue weighted by molar-refractivity contribution is -0.132. The van der Waals surface area contributed by atoms with Gasteiger partial charge in [0, 0.05) is 36.5 Å². The summed E-state index contributed by atoms with van der Waals surface area (Å²) in [5, 5.41) is 0.893. The summed E-state index contributed by atoms with van der Waals surface area (Å²) in [4.78, 5) is 29.5. The number of hydrogen-bond acceptors (Lipinski definition) is 4. The summed E-state index contributed by atoms with van der Waals surface area (Å²) in [5.74, 6) is 1.49. The number of fused-ring (bicyclic) bond motifs is 2. The van der Waals surface area contributed by atoms with Gasteiger partial charge in [-0.3, -0.25) is 9.59 Å². The van der Waals surface area contributed by atoms with Gasteiger partial charge in [-0.15, -0.1) is 0 Å². The SMILES string of the molecule is O=C(CCc1cc2cc3c(cc2[nH]c1=O)OCCO3)N1CCCCC1. The minimum atomic E-state index is -0.143. The number of H-pyrrole nitrogens is 1. The smallest absolute Gasteiger partial charge is 0.251 e. The van der Waals surface area contributed by atoms with E-state index in [1.165, 1.54) is 6.42 Å². The fourth-order valence-corrected chi connectivity index (χ4v) is 3.52. The zero-order valence-electron chi connectivity index (χ0n) is 14.2. The molecule has 132 valence electrons. The van der Waals surface area contributed by atoms with Gasteiger partial charge < -0.3 is 19.4 Å². The minimum absolute atomic E-state index is 0.140. The fraction of sp³-hybridized carbons (Fsp3) is 0.474. The average Bonchev–Trinajstić information content (AvgIpc) is 2.65. The standard InChI is InChI=1S/C19H22N2O4/c22-18(21-6-2-1-3-7-21)5-4-13-10-14-11-16-17(25-9-8-24-16)12-15(14)20-19(13)23/h10-12H,1-9H2,(H,20,23). The lowest BCUT2D eigenvalue weighted by atomic mass is 10.1. The summed E-state index contributed by atoms with van der Waals surface area (Å²) in [6.45, 7) is 2.73. The number of carbonyl (C=O) groups excluding carboxylic acids is 1. The van der Waals surface area contributed by atoms with E-state index in [2.05, 4.69) is 4.98 Å². The van der Waals surface area contributed by atoms with Crippen molar-refractivity contribution < 1.29 is 14.3 Å². The van der Waals surface area contributed by atoms with Crippen LogP contribution in [0.1, 0.15) is 31.2 Å². The molecule has 1 fully saturated rings. The zero-order chi connectivity index (χ0) is 17.2. The third-order valence-electron chi connectivity index (χ3n) is 4.90. The number of hydrogen-bond donors (Lipinski definition) is 1. The Morgan fingerprint density at radius 3 is 2.52 bits per heavy atom. The van der Waals surface area contributed by atoms with Crippen LogP contribution in [0, 0.1) is 0 Å². The summed E-state index contributed by atoms with van der Waals surface area (Å²) in [5.41, 5.74) is 1.21. The maximum Gasteiger partial charge on any atom is 0.251 e. The number of aryl methyl sites for hydroxylation is 1. The van der Waals surface area contributed by atoms with Crippen LogP contribution in [0.4, 0.5) is 0 Å². The molecule has 1 aromatic carbocycles. The fourth-order valence-electron chi connectivity index (χ4n) is 3.52. The van der Waals surface area contributed by atoms with E-state index in [-0.39, 0.29) is 11.5 Å². The van der Waals surface area contributed by atoms with E-state index in [1.54, 1.807) is 6.07 Å². The van der Waals surface area contributed by atoms with Crippen LogP contribution in [0.15, 0.2) is 23.0 Å². The highest BCUT2D eigenvalue weighted by Crippen LogP contribution is 2.33. The molecule has 2 aliphatic rings. The molecule has 1 amide bonds.